The highest BCUT2D eigenvalue weighted by Crippen LogP contribution is 2.31. The lowest BCUT2D eigenvalue weighted by atomic mass is 9.76. The minimum Gasteiger partial charge on any atom is -0.372 e. The van der Waals surface area contributed by atoms with Crippen molar-refractivity contribution in [3.05, 3.63) is 0 Å². The van der Waals surface area contributed by atoms with Crippen molar-refractivity contribution in [2.45, 2.75) is 58.3 Å². The first-order chi connectivity index (χ1) is 8.49. The monoisotopic (exact) mass is 254 g/mol. The van der Waals surface area contributed by atoms with Gasteiger partial charge in [-0.15, -0.1) is 0 Å². The van der Waals surface area contributed by atoms with Crippen LogP contribution in [0.5, 0.6) is 0 Å². The van der Waals surface area contributed by atoms with Gasteiger partial charge in [0.15, 0.2) is 0 Å². The summed E-state index contributed by atoms with van der Waals surface area (Å²) in [7, 11) is 0. The first kappa shape index (κ1) is 13.8. The second-order valence-corrected chi connectivity index (χ2v) is 6.10. The molecule has 18 heavy (non-hydrogen) atoms. The van der Waals surface area contributed by atoms with Gasteiger partial charge >= 0.3 is 0 Å². The van der Waals surface area contributed by atoms with Gasteiger partial charge in [-0.05, 0) is 32.6 Å². The molecule has 1 amide bonds. The zero-order valence-electron chi connectivity index (χ0n) is 11.8. The minimum atomic E-state index is 0.0104. The highest BCUT2D eigenvalue weighted by molar-refractivity contribution is 5.80. The average Bonchev–Trinajstić information content (AvgIpc) is 2.27. The molecule has 1 heterocycles. The van der Waals surface area contributed by atoms with Crippen LogP contribution in [-0.4, -0.2) is 42.1 Å². The summed E-state index contributed by atoms with van der Waals surface area (Å²) in [5.74, 6) is 0.669. The van der Waals surface area contributed by atoms with Crippen LogP contribution in [0.1, 0.15) is 40.0 Å². The van der Waals surface area contributed by atoms with Gasteiger partial charge in [0.2, 0.25) is 5.91 Å². The maximum Gasteiger partial charge on any atom is 0.227 e. The largest absolute Gasteiger partial charge is 0.372 e. The van der Waals surface area contributed by atoms with Crippen LogP contribution in [0.4, 0.5) is 0 Å². The summed E-state index contributed by atoms with van der Waals surface area (Å²) in [6.45, 7) is 7.63. The van der Waals surface area contributed by atoms with Gasteiger partial charge in [-0.1, -0.05) is 13.3 Å². The quantitative estimate of drug-likeness (QED) is 0.769. The summed E-state index contributed by atoms with van der Waals surface area (Å²) in [5.41, 5.74) is 6.17. The van der Waals surface area contributed by atoms with Gasteiger partial charge in [0, 0.05) is 19.1 Å². The maximum atomic E-state index is 12.7. The molecular formula is C14H26N2O2. The third-order valence-electron chi connectivity index (χ3n) is 4.29. The lowest BCUT2D eigenvalue weighted by Crippen LogP contribution is -2.54. The number of carbonyl (C=O) groups excluding carboxylic acids is 1. The SMILES string of the molecule is CC1CCCC(N)C1C(=O)N1C[C@@H](C)O[C@@H](C)C1. The number of amides is 1. The number of rotatable bonds is 1. The van der Waals surface area contributed by atoms with E-state index in [0.29, 0.717) is 19.0 Å². The van der Waals surface area contributed by atoms with Crippen molar-refractivity contribution in [1.82, 2.24) is 4.90 Å². The molecule has 1 saturated carbocycles. The van der Waals surface area contributed by atoms with E-state index >= 15 is 0 Å². The molecule has 4 heteroatoms. The van der Waals surface area contributed by atoms with E-state index in [2.05, 4.69) is 6.92 Å². The summed E-state index contributed by atoms with van der Waals surface area (Å²) in [6.07, 6.45) is 3.53. The van der Waals surface area contributed by atoms with Crippen LogP contribution >= 0.6 is 0 Å². The van der Waals surface area contributed by atoms with Crippen molar-refractivity contribution in [1.29, 1.82) is 0 Å². The molecule has 0 radical (unpaired) electrons. The van der Waals surface area contributed by atoms with E-state index in [1.165, 1.54) is 0 Å². The normalized spacial score (nSPS) is 41.8. The average molecular weight is 254 g/mol. The Balaban J connectivity index is 2.05. The molecule has 3 unspecified atom stereocenters. The predicted molar refractivity (Wildman–Crippen MR) is 71.1 cm³/mol. The number of morpholine rings is 1. The fourth-order valence-electron chi connectivity index (χ4n) is 3.45. The van der Waals surface area contributed by atoms with Gasteiger partial charge < -0.3 is 15.4 Å². The van der Waals surface area contributed by atoms with Crippen molar-refractivity contribution in [3.8, 4) is 0 Å². The molecule has 2 fully saturated rings. The smallest absolute Gasteiger partial charge is 0.227 e. The number of carbonyl (C=O) groups is 1. The van der Waals surface area contributed by atoms with Gasteiger partial charge in [0.05, 0.1) is 18.1 Å². The molecule has 2 N–H and O–H groups in total. The Kier molecular flexibility index (Phi) is 4.28. The second kappa shape index (κ2) is 5.57. The predicted octanol–water partition coefficient (Wildman–Crippen LogP) is 1.39. The first-order valence-corrected chi connectivity index (χ1v) is 7.19. The van der Waals surface area contributed by atoms with Gasteiger partial charge in [-0.2, -0.15) is 0 Å². The van der Waals surface area contributed by atoms with Crippen LogP contribution in [-0.2, 0) is 9.53 Å². The topological polar surface area (TPSA) is 55.6 Å². The molecule has 104 valence electrons. The van der Waals surface area contributed by atoms with Crippen LogP contribution in [0, 0.1) is 11.8 Å². The van der Waals surface area contributed by atoms with E-state index in [-0.39, 0.29) is 30.1 Å². The Labute approximate surface area is 110 Å². The fourth-order valence-corrected chi connectivity index (χ4v) is 3.45. The molecule has 1 aliphatic heterocycles. The number of ether oxygens (including phenoxy) is 1. The molecule has 5 atom stereocenters. The highest BCUT2D eigenvalue weighted by Gasteiger charge is 2.38. The minimum absolute atomic E-state index is 0.0104. The Hall–Kier alpha value is -0.610. The molecule has 4 nitrogen and oxygen atoms in total. The van der Waals surface area contributed by atoms with Crippen LogP contribution in [0.15, 0.2) is 0 Å². The van der Waals surface area contributed by atoms with Crippen LogP contribution < -0.4 is 5.73 Å². The molecule has 0 bridgehead atoms. The Morgan fingerprint density at radius 2 is 1.78 bits per heavy atom. The summed E-state index contributed by atoms with van der Waals surface area (Å²) in [5, 5.41) is 0. The fraction of sp³-hybridized carbons (Fsp3) is 0.929. The zero-order chi connectivity index (χ0) is 13.3. The zero-order valence-corrected chi connectivity index (χ0v) is 11.8. The van der Waals surface area contributed by atoms with Crippen molar-refractivity contribution >= 4 is 5.91 Å². The Morgan fingerprint density at radius 3 is 2.33 bits per heavy atom. The molecule has 0 aromatic rings. The third-order valence-corrected chi connectivity index (χ3v) is 4.29. The summed E-state index contributed by atoms with van der Waals surface area (Å²) in [6, 6.07) is 0.0368. The highest BCUT2D eigenvalue weighted by atomic mass is 16.5. The van der Waals surface area contributed by atoms with Gasteiger partial charge in [-0.3, -0.25) is 4.79 Å². The lowest BCUT2D eigenvalue weighted by molar-refractivity contribution is -0.150. The van der Waals surface area contributed by atoms with Crippen molar-refractivity contribution < 1.29 is 9.53 Å². The van der Waals surface area contributed by atoms with E-state index < -0.39 is 0 Å². The van der Waals surface area contributed by atoms with Crippen LogP contribution in [0.3, 0.4) is 0 Å². The van der Waals surface area contributed by atoms with Gasteiger partial charge in [0.25, 0.3) is 0 Å². The molecule has 1 aliphatic carbocycles. The summed E-state index contributed by atoms with van der Waals surface area (Å²) >= 11 is 0. The lowest BCUT2D eigenvalue weighted by Gasteiger charge is -2.41. The van der Waals surface area contributed by atoms with E-state index in [1.807, 2.05) is 18.7 Å². The summed E-state index contributed by atoms with van der Waals surface area (Å²) in [4.78, 5) is 14.6. The van der Waals surface area contributed by atoms with Crippen LogP contribution in [0.2, 0.25) is 0 Å². The molecule has 2 rings (SSSR count). The van der Waals surface area contributed by atoms with E-state index in [0.717, 1.165) is 19.3 Å². The molecule has 0 aromatic carbocycles. The van der Waals surface area contributed by atoms with Crippen LogP contribution in [0.25, 0.3) is 0 Å². The van der Waals surface area contributed by atoms with E-state index in [9.17, 15) is 4.79 Å². The van der Waals surface area contributed by atoms with E-state index in [1.54, 1.807) is 0 Å². The van der Waals surface area contributed by atoms with Crippen molar-refractivity contribution in [2.75, 3.05) is 13.1 Å². The molecule has 0 aromatic heterocycles. The van der Waals surface area contributed by atoms with E-state index in [4.69, 9.17) is 10.5 Å². The van der Waals surface area contributed by atoms with Gasteiger partial charge in [-0.25, -0.2) is 0 Å². The number of hydrogen-bond acceptors (Lipinski definition) is 3. The third kappa shape index (κ3) is 2.86. The van der Waals surface area contributed by atoms with Crippen molar-refractivity contribution in [2.24, 2.45) is 17.6 Å². The number of nitrogens with zero attached hydrogens (tertiary/aromatic N) is 1. The molecule has 1 saturated heterocycles. The molecule has 0 spiro atoms. The Bertz CT molecular complexity index is 288. The maximum absolute atomic E-state index is 12.7. The Morgan fingerprint density at radius 1 is 1.17 bits per heavy atom. The molecule has 2 aliphatic rings. The first-order valence-electron chi connectivity index (χ1n) is 7.19. The second-order valence-electron chi connectivity index (χ2n) is 6.10. The van der Waals surface area contributed by atoms with Gasteiger partial charge in [0.1, 0.15) is 0 Å². The standard InChI is InChI=1S/C14H26N2O2/c1-9-5-4-6-12(15)13(9)14(17)16-7-10(2)18-11(3)8-16/h9-13H,4-8,15H2,1-3H3/t9?,10-,11+,12?,13?. The number of hydrogen-bond donors (Lipinski definition) is 1. The van der Waals surface area contributed by atoms with Crippen molar-refractivity contribution in [3.63, 3.8) is 0 Å². The number of nitrogens with two attached hydrogens (primary N) is 1. The summed E-state index contributed by atoms with van der Waals surface area (Å²) < 4.78 is 5.68. The molecular weight excluding hydrogens is 228 g/mol.